The molecule has 21 heavy (non-hydrogen) atoms. The van der Waals surface area contributed by atoms with E-state index in [0.29, 0.717) is 0 Å². The number of likely N-dealkylation sites (N-methyl/N-ethyl adjacent to an activating group) is 1. The Bertz CT molecular complexity index is 583. The van der Waals surface area contributed by atoms with E-state index in [4.69, 9.17) is 9.47 Å². The van der Waals surface area contributed by atoms with Crippen LogP contribution in [0.1, 0.15) is 29.2 Å². The van der Waals surface area contributed by atoms with Gasteiger partial charge >= 0.3 is 0 Å². The molecule has 0 spiro atoms. The molecule has 2 aromatic rings. The minimum absolute atomic E-state index is 0.158. The summed E-state index contributed by atoms with van der Waals surface area (Å²) in [6.07, 6.45) is 0.843. The van der Waals surface area contributed by atoms with Gasteiger partial charge in [-0.2, -0.15) is 0 Å². The first kappa shape index (κ1) is 15.8. The fourth-order valence-corrected chi connectivity index (χ4v) is 3.21. The number of benzene rings is 1. The van der Waals surface area contributed by atoms with Crippen molar-refractivity contribution in [3.8, 4) is 11.5 Å². The number of thiazole rings is 1. The molecule has 0 fully saturated rings. The van der Waals surface area contributed by atoms with Crippen LogP contribution in [0.2, 0.25) is 0 Å². The highest BCUT2D eigenvalue weighted by atomic mass is 32.1. The van der Waals surface area contributed by atoms with E-state index >= 15 is 0 Å². The van der Waals surface area contributed by atoms with Crippen molar-refractivity contribution in [2.24, 2.45) is 0 Å². The van der Waals surface area contributed by atoms with E-state index in [1.807, 2.05) is 19.1 Å². The second kappa shape index (κ2) is 7.43. The maximum absolute atomic E-state index is 5.56. The number of hydrogen-bond acceptors (Lipinski definition) is 5. The molecule has 1 N–H and O–H groups in total. The summed E-state index contributed by atoms with van der Waals surface area (Å²) in [5.74, 6) is 1.55. The van der Waals surface area contributed by atoms with Crippen LogP contribution in [0.3, 0.4) is 0 Å². The third-order valence-electron chi connectivity index (χ3n) is 3.30. The average Bonchev–Trinajstić information content (AvgIpc) is 2.91. The molecule has 4 nitrogen and oxygen atoms in total. The normalized spacial score (nSPS) is 12.2. The first-order valence-corrected chi connectivity index (χ1v) is 7.92. The van der Waals surface area contributed by atoms with Crippen LogP contribution in [0.4, 0.5) is 0 Å². The molecular formula is C16H22N2O2S. The lowest BCUT2D eigenvalue weighted by atomic mass is 10.0. The predicted molar refractivity (Wildman–Crippen MR) is 86.5 cm³/mol. The number of aryl methyl sites for hydroxylation is 1. The molecule has 5 heteroatoms. The Morgan fingerprint density at radius 2 is 2.10 bits per heavy atom. The lowest BCUT2D eigenvalue weighted by molar-refractivity contribution is 0.346. The summed E-state index contributed by atoms with van der Waals surface area (Å²) in [7, 11) is 3.34. The molecule has 1 aromatic heterocycles. The summed E-state index contributed by atoms with van der Waals surface area (Å²) in [5.41, 5.74) is 2.18. The van der Waals surface area contributed by atoms with Crippen molar-refractivity contribution in [2.45, 2.75) is 26.3 Å². The molecular weight excluding hydrogens is 284 g/mol. The molecule has 1 heterocycles. The summed E-state index contributed by atoms with van der Waals surface area (Å²) in [5, 5.41) is 6.73. The van der Waals surface area contributed by atoms with E-state index in [1.165, 1.54) is 0 Å². The lowest BCUT2D eigenvalue weighted by Gasteiger charge is -2.21. The highest BCUT2D eigenvalue weighted by Gasteiger charge is 2.20. The number of nitrogens with zero attached hydrogens (tertiary/aromatic N) is 1. The topological polar surface area (TPSA) is 43.4 Å². The molecule has 0 saturated carbocycles. The zero-order valence-electron chi connectivity index (χ0n) is 13.0. The van der Waals surface area contributed by atoms with Gasteiger partial charge in [-0.15, -0.1) is 11.3 Å². The number of methoxy groups -OCH3 is 2. The van der Waals surface area contributed by atoms with Gasteiger partial charge in [0.05, 0.1) is 19.2 Å². The van der Waals surface area contributed by atoms with Crippen molar-refractivity contribution in [2.75, 3.05) is 20.8 Å². The molecule has 1 atom stereocenters. The molecule has 0 amide bonds. The van der Waals surface area contributed by atoms with Crippen LogP contribution in [-0.4, -0.2) is 25.7 Å². The van der Waals surface area contributed by atoms with Gasteiger partial charge in [0.1, 0.15) is 0 Å². The quantitative estimate of drug-likeness (QED) is 0.852. The Morgan fingerprint density at radius 1 is 1.29 bits per heavy atom. The van der Waals surface area contributed by atoms with Gasteiger partial charge in [0.25, 0.3) is 0 Å². The Balaban J connectivity index is 2.33. The van der Waals surface area contributed by atoms with E-state index in [-0.39, 0.29) is 6.04 Å². The first-order chi connectivity index (χ1) is 10.2. The van der Waals surface area contributed by atoms with Crippen LogP contribution in [0, 0.1) is 6.92 Å². The third kappa shape index (κ3) is 3.74. The van der Waals surface area contributed by atoms with Gasteiger partial charge in [0.15, 0.2) is 11.5 Å². The molecule has 0 saturated heterocycles. The van der Waals surface area contributed by atoms with Gasteiger partial charge < -0.3 is 14.8 Å². The number of hydrogen-bond donors (Lipinski definition) is 1. The number of para-hydroxylation sites is 1. The first-order valence-electron chi connectivity index (χ1n) is 7.04. The molecule has 114 valence electrons. The van der Waals surface area contributed by atoms with Crippen LogP contribution < -0.4 is 14.8 Å². The largest absolute Gasteiger partial charge is 0.493 e. The summed E-state index contributed by atoms with van der Waals surface area (Å²) in [6.45, 7) is 5.01. The van der Waals surface area contributed by atoms with Gasteiger partial charge in [0, 0.05) is 29.1 Å². The molecule has 1 unspecified atom stereocenters. The molecule has 2 rings (SSSR count). The minimum atomic E-state index is 0.158. The minimum Gasteiger partial charge on any atom is -0.493 e. The zero-order chi connectivity index (χ0) is 15.2. The average molecular weight is 306 g/mol. The monoisotopic (exact) mass is 306 g/mol. The smallest absolute Gasteiger partial charge is 0.165 e. The van der Waals surface area contributed by atoms with Crippen molar-refractivity contribution >= 4 is 11.3 Å². The standard InChI is InChI=1S/C16H22N2O2S/c1-5-17-13(9-15-18-11(2)10-21-15)12-7-6-8-14(19-3)16(12)20-4/h6-8,10,13,17H,5,9H2,1-4H3. The number of ether oxygens (including phenoxy) is 2. The fourth-order valence-electron chi connectivity index (χ4n) is 2.40. The van der Waals surface area contributed by atoms with Crippen LogP contribution in [-0.2, 0) is 6.42 Å². The molecule has 0 aliphatic rings. The molecule has 0 bridgehead atoms. The van der Waals surface area contributed by atoms with Crippen molar-refractivity contribution in [1.29, 1.82) is 0 Å². The summed E-state index contributed by atoms with van der Waals surface area (Å²) < 4.78 is 10.9. The predicted octanol–water partition coefficient (Wildman–Crippen LogP) is 3.36. The fraction of sp³-hybridized carbons (Fsp3) is 0.438. The van der Waals surface area contributed by atoms with Crippen LogP contribution >= 0.6 is 11.3 Å². The summed E-state index contributed by atoms with van der Waals surface area (Å²) in [6, 6.07) is 6.15. The van der Waals surface area contributed by atoms with Crippen molar-refractivity contribution in [3.05, 3.63) is 39.8 Å². The van der Waals surface area contributed by atoms with Gasteiger partial charge in [-0.25, -0.2) is 4.98 Å². The zero-order valence-corrected chi connectivity index (χ0v) is 13.8. The number of rotatable bonds is 7. The molecule has 0 aliphatic heterocycles. The maximum atomic E-state index is 5.56. The highest BCUT2D eigenvalue weighted by molar-refractivity contribution is 7.09. The maximum Gasteiger partial charge on any atom is 0.165 e. The van der Waals surface area contributed by atoms with E-state index in [9.17, 15) is 0 Å². The van der Waals surface area contributed by atoms with Gasteiger partial charge in [-0.05, 0) is 19.5 Å². The van der Waals surface area contributed by atoms with Gasteiger partial charge in [-0.3, -0.25) is 0 Å². The van der Waals surface area contributed by atoms with Crippen LogP contribution in [0.25, 0.3) is 0 Å². The Kier molecular flexibility index (Phi) is 5.59. The number of nitrogens with one attached hydrogen (secondary N) is 1. The van der Waals surface area contributed by atoms with Crippen LogP contribution in [0.5, 0.6) is 11.5 Å². The Hall–Kier alpha value is -1.59. The molecule has 0 aliphatic carbocycles. The molecule has 0 radical (unpaired) electrons. The van der Waals surface area contributed by atoms with Gasteiger partial charge in [-0.1, -0.05) is 19.1 Å². The molecule has 1 aromatic carbocycles. The van der Waals surface area contributed by atoms with E-state index in [1.54, 1.807) is 25.6 Å². The van der Waals surface area contributed by atoms with E-state index in [0.717, 1.165) is 40.7 Å². The summed E-state index contributed by atoms with van der Waals surface area (Å²) >= 11 is 1.70. The second-order valence-electron chi connectivity index (χ2n) is 4.78. The van der Waals surface area contributed by atoms with Crippen molar-refractivity contribution in [3.63, 3.8) is 0 Å². The Morgan fingerprint density at radius 3 is 2.67 bits per heavy atom. The van der Waals surface area contributed by atoms with Crippen molar-refractivity contribution < 1.29 is 9.47 Å². The lowest BCUT2D eigenvalue weighted by Crippen LogP contribution is -2.23. The highest BCUT2D eigenvalue weighted by Crippen LogP contribution is 2.36. The third-order valence-corrected chi connectivity index (χ3v) is 4.29. The SMILES string of the molecule is CCNC(Cc1nc(C)cs1)c1cccc(OC)c1OC. The second-order valence-corrected chi connectivity index (χ2v) is 5.72. The Labute approximate surface area is 130 Å². The van der Waals surface area contributed by atoms with E-state index in [2.05, 4.69) is 28.7 Å². The van der Waals surface area contributed by atoms with Crippen LogP contribution in [0.15, 0.2) is 23.6 Å². The number of aromatic nitrogens is 1. The van der Waals surface area contributed by atoms with E-state index < -0.39 is 0 Å². The van der Waals surface area contributed by atoms with Crippen molar-refractivity contribution in [1.82, 2.24) is 10.3 Å². The van der Waals surface area contributed by atoms with Gasteiger partial charge in [0.2, 0.25) is 0 Å². The summed E-state index contributed by atoms with van der Waals surface area (Å²) in [4.78, 5) is 4.56.